The molecule has 1 aromatic carbocycles. The standard InChI is InChI=1S/C16H25NO2/c1-4-7-12-10-16(19-3)13(11-15(12)18-2)14-8-5-6-9-17-14/h10-11,14,17H,4-9H2,1-3H3. The first-order valence-corrected chi connectivity index (χ1v) is 7.28. The van der Waals surface area contributed by atoms with Crippen LogP contribution in [0.3, 0.4) is 0 Å². The number of rotatable bonds is 5. The molecule has 0 amide bonds. The van der Waals surface area contributed by atoms with Gasteiger partial charge in [-0.25, -0.2) is 0 Å². The molecule has 3 heteroatoms. The molecule has 1 aromatic rings. The second-order valence-corrected chi connectivity index (χ2v) is 5.16. The average Bonchev–Trinajstić information content (AvgIpc) is 2.48. The summed E-state index contributed by atoms with van der Waals surface area (Å²) in [5.41, 5.74) is 2.47. The summed E-state index contributed by atoms with van der Waals surface area (Å²) in [4.78, 5) is 0. The number of nitrogens with one attached hydrogen (secondary N) is 1. The van der Waals surface area contributed by atoms with Crippen molar-refractivity contribution in [1.82, 2.24) is 5.32 Å². The van der Waals surface area contributed by atoms with Crippen LogP contribution < -0.4 is 14.8 Å². The van der Waals surface area contributed by atoms with Gasteiger partial charge in [0.15, 0.2) is 0 Å². The van der Waals surface area contributed by atoms with Crippen molar-refractivity contribution < 1.29 is 9.47 Å². The van der Waals surface area contributed by atoms with Crippen molar-refractivity contribution in [2.45, 2.75) is 45.1 Å². The highest BCUT2D eigenvalue weighted by Crippen LogP contribution is 2.36. The molecule has 0 radical (unpaired) electrons. The quantitative estimate of drug-likeness (QED) is 0.882. The van der Waals surface area contributed by atoms with Crippen LogP contribution in [0.4, 0.5) is 0 Å². The molecule has 1 aliphatic rings. The van der Waals surface area contributed by atoms with Gasteiger partial charge in [-0.05, 0) is 43.5 Å². The fraction of sp³-hybridized carbons (Fsp3) is 0.625. The van der Waals surface area contributed by atoms with Gasteiger partial charge in [0.2, 0.25) is 0 Å². The van der Waals surface area contributed by atoms with Gasteiger partial charge in [0, 0.05) is 11.6 Å². The Morgan fingerprint density at radius 2 is 1.95 bits per heavy atom. The zero-order valence-electron chi connectivity index (χ0n) is 12.3. The van der Waals surface area contributed by atoms with E-state index in [1.807, 2.05) is 0 Å². The van der Waals surface area contributed by atoms with E-state index in [1.165, 1.54) is 30.4 Å². The van der Waals surface area contributed by atoms with Crippen LogP contribution in [0.1, 0.15) is 49.8 Å². The molecule has 1 unspecified atom stereocenters. The minimum absolute atomic E-state index is 0.397. The Morgan fingerprint density at radius 1 is 1.16 bits per heavy atom. The third-order valence-corrected chi connectivity index (χ3v) is 3.84. The predicted molar refractivity (Wildman–Crippen MR) is 78.1 cm³/mol. The van der Waals surface area contributed by atoms with Gasteiger partial charge >= 0.3 is 0 Å². The lowest BCUT2D eigenvalue weighted by Gasteiger charge is -2.26. The van der Waals surface area contributed by atoms with Gasteiger partial charge in [0.25, 0.3) is 0 Å². The fourth-order valence-electron chi connectivity index (χ4n) is 2.84. The number of hydrogen-bond donors (Lipinski definition) is 1. The van der Waals surface area contributed by atoms with Crippen LogP contribution >= 0.6 is 0 Å². The summed E-state index contributed by atoms with van der Waals surface area (Å²) in [7, 11) is 3.50. The molecule has 1 atom stereocenters. The van der Waals surface area contributed by atoms with E-state index in [-0.39, 0.29) is 0 Å². The molecule has 1 N–H and O–H groups in total. The second-order valence-electron chi connectivity index (χ2n) is 5.16. The summed E-state index contributed by atoms with van der Waals surface area (Å²) in [6, 6.07) is 4.70. The molecule has 1 heterocycles. The number of aryl methyl sites for hydroxylation is 1. The summed E-state index contributed by atoms with van der Waals surface area (Å²) in [6.45, 7) is 3.27. The number of hydrogen-bond acceptors (Lipinski definition) is 3. The molecule has 0 aromatic heterocycles. The molecule has 19 heavy (non-hydrogen) atoms. The third-order valence-electron chi connectivity index (χ3n) is 3.84. The first kappa shape index (κ1) is 14.2. The molecule has 0 bridgehead atoms. The molecule has 1 saturated heterocycles. The van der Waals surface area contributed by atoms with Gasteiger partial charge in [0.05, 0.1) is 14.2 Å². The van der Waals surface area contributed by atoms with Gasteiger partial charge in [-0.3, -0.25) is 0 Å². The zero-order chi connectivity index (χ0) is 13.7. The normalized spacial score (nSPS) is 19.2. The predicted octanol–water partition coefficient (Wildman–Crippen LogP) is 3.47. The van der Waals surface area contributed by atoms with Crippen molar-refractivity contribution in [1.29, 1.82) is 0 Å². The number of methoxy groups -OCH3 is 2. The summed E-state index contributed by atoms with van der Waals surface area (Å²) >= 11 is 0. The van der Waals surface area contributed by atoms with Crippen molar-refractivity contribution in [3.8, 4) is 11.5 Å². The third kappa shape index (κ3) is 3.21. The summed E-state index contributed by atoms with van der Waals surface area (Å²) in [5.74, 6) is 1.98. The minimum Gasteiger partial charge on any atom is -0.496 e. The molecule has 106 valence electrons. The maximum Gasteiger partial charge on any atom is 0.124 e. The molecule has 1 fully saturated rings. The molecule has 0 saturated carbocycles. The highest BCUT2D eigenvalue weighted by atomic mass is 16.5. The first-order chi connectivity index (χ1) is 9.30. The maximum atomic E-state index is 5.59. The van der Waals surface area contributed by atoms with Crippen molar-refractivity contribution in [2.75, 3.05) is 20.8 Å². The Morgan fingerprint density at radius 3 is 2.53 bits per heavy atom. The van der Waals surface area contributed by atoms with Crippen LogP contribution in [0.25, 0.3) is 0 Å². The van der Waals surface area contributed by atoms with E-state index in [4.69, 9.17) is 9.47 Å². The van der Waals surface area contributed by atoms with Gasteiger partial charge in [0.1, 0.15) is 11.5 Å². The Kier molecular flexibility index (Phi) is 5.08. The van der Waals surface area contributed by atoms with Gasteiger partial charge in [-0.2, -0.15) is 0 Å². The fourth-order valence-corrected chi connectivity index (χ4v) is 2.84. The van der Waals surface area contributed by atoms with Gasteiger partial charge in [-0.1, -0.05) is 19.8 Å². The number of benzene rings is 1. The summed E-state index contributed by atoms with van der Waals surface area (Å²) < 4.78 is 11.1. The lowest BCUT2D eigenvalue weighted by Crippen LogP contribution is -2.27. The molecule has 1 aliphatic heterocycles. The van der Waals surface area contributed by atoms with E-state index in [9.17, 15) is 0 Å². The smallest absolute Gasteiger partial charge is 0.124 e. The molecule has 0 aliphatic carbocycles. The molecule has 2 rings (SSSR count). The van der Waals surface area contributed by atoms with Crippen LogP contribution in [0.15, 0.2) is 12.1 Å². The van der Waals surface area contributed by atoms with Crippen molar-refractivity contribution in [3.63, 3.8) is 0 Å². The van der Waals surface area contributed by atoms with Gasteiger partial charge in [-0.15, -0.1) is 0 Å². The van der Waals surface area contributed by atoms with E-state index < -0.39 is 0 Å². The summed E-state index contributed by atoms with van der Waals surface area (Å²) in [6.07, 6.45) is 5.86. The molecule has 0 spiro atoms. The van der Waals surface area contributed by atoms with Gasteiger partial charge < -0.3 is 14.8 Å². The average molecular weight is 263 g/mol. The largest absolute Gasteiger partial charge is 0.496 e. The second kappa shape index (κ2) is 6.80. The number of ether oxygens (including phenoxy) is 2. The van der Waals surface area contributed by atoms with E-state index in [2.05, 4.69) is 24.4 Å². The highest BCUT2D eigenvalue weighted by Gasteiger charge is 2.20. The van der Waals surface area contributed by atoms with Crippen LogP contribution in [0.5, 0.6) is 11.5 Å². The monoisotopic (exact) mass is 263 g/mol. The van der Waals surface area contributed by atoms with Crippen LogP contribution in [0, 0.1) is 0 Å². The Balaban J connectivity index is 2.35. The maximum absolute atomic E-state index is 5.59. The van der Waals surface area contributed by atoms with Crippen LogP contribution in [-0.4, -0.2) is 20.8 Å². The lowest BCUT2D eigenvalue weighted by atomic mass is 9.94. The van der Waals surface area contributed by atoms with Crippen molar-refractivity contribution in [3.05, 3.63) is 23.3 Å². The van der Waals surface area contributed by atoms with Crippen molar-refractivity contribution >= 4 is 0 Å². The minimum atomic E-state index is 0.397. The molecular weight excluding hydrogens is 238 g/mol. The summed E-state index contributed by atoms with van der Waals surface area (Å²) in [5, 5.41) is 3.58. The number of piperidine rings is 1. The topological polar surface area (TPSA) is 30.5 Å². The van der Waals surface area contributed by atoms with E-state index >= 15 is 0 Å². The van der Waals surface area contributed by atoms with Crippen molar-refractivity contribution in [2.24, 2.45) is 0 Å². The first-order valence-electron chi connectivity index (χ1n) is 7.28. The molecular formula is C16H25NO2. The van der Waals surface area contributed by atoms with Crippen LogP contribution in [0.2, 0.25) is 0 Å². The molecule has 3 nitrogen and oxygen atoms in total. The van der Waals surface area contributed by atoms with E-state index in [0.29, 0.717) is 6.04 Å². The Labute approximate surface area is 116 Å². The van der Waals surface area contributed by atoms with E-state index in [1.54, 1.807) is 14.2 Å². The van der Waals surface area contributed by atoms with Crippen LogP contribution in [-0.2, 0) is 6.42 Å². The SMILES string of the molecule is CCCc1cc(OC)c(C2CCCCN2)cc1OC. The zero-order valence-corrected chi connectivity index (χ0v) is 12.3. The van der Waals surface area contributed by atoms with E-state index in [0.717, 1.165) is 30.9 Å². The highest BCUT2D eigenvalue weighted by molar-refractivity contribution is 5.48. The lowest BCUT2D eigenvalue weighted by molar-refractivity contribution is 0.366. The Hall–Kier alpha value is -1.22. The Bertz CT molecular complexity index is 411.